The van der Waals surface area contributed by atoms with E-state index in [1.165, 1.54) is 12.8 Å². The van der Waals surface area contributed by atoms with E-state index in [0.717, 1.165) is 19.0 Å². The predicted octanol–water partition coefficient (Wildman–Crippen LogP) is 1.88. The van der Waals surface area contributed by atoms with Gasteiger partial charge in [-0.15, -0.1) is 0 Å². The number of piperidine rings is 1. The molecule has 0 radical (unpaired) electrons. The Morgan fingerprint density at radius 1 is 1.44 bits per heavy atom. The lowest BCUT2D eigenvalue weighted by Crippen LogP contribution is -2.41. The van der Waals surface area contributed by atoms with Crippen molar-refractivity contribution in [2.75, 3.05) is 6.54 Å². The van der Waals surface area contributed by atoms with Crippen LogP contribution >= 0.6 is 0 Å². The van der Waals surface area contributed by atoms with Gasteiger partial charge in [-0.1, -0.05) is 12.1 Å². The lowest BCUT2D eigenvalue weighted by Gasteiger charge is -2.36. The molecule has 1 aliphatic rings. The molecule has 1 aromatic heterocycles. The molecule has 0 aromatic carbocycles. The molecule has 0 bridgehead atoms. The molecular weight excluding hydrogens is 228 g/mol. The van der Waals surface area contributed by atoms with Crippen molar-refractivity contribution in [1.29, 1.82) is 0 Å². The summed E-state index contributed by atoms with van der Waals surface area (Å²) in [5.41, 5.74) is 5.41. The summed E-state index contributed by atoms with van der Waals surface area (Å²) in [6.07, 6.45) is 2.55. The molecule has 2 rings (SSSR count). The molecule has 1 saturated heterocycles. The number of hydrogen-bond donors (Lipinski definition) is 1. The minimum Gasteiger partial charge on any atom is -0.338 e. The first kappa shape index (κ1) is 13.5. The normalized spacial score (nSPS) is 26.5. The van der Waals surface area contributed by atoms with E-state index in [2.05, 4.69) is 28.9 Å². The second-order valence-electron chi connectivity index (χ2n) is 6.06. The Balaban J connectivity index is 2.03. The van der Waals surface area contributed by atoms with E-state index >= 15 is 0 Å². The van der Waals surface area contributed by atoms with Crippen LogP contribution in [0.1, 0.15) is 52.3 Å². The molecule has 18 heavy (non-hydrogen) atoms. The third-order valence-corrected chi connectivity index (χ3v) is 3.89. The summed E-state index contributed by atoms with van der Waals surface area (Å²) in [5.74, 6) is 1.98. The highest BCUT2D eigenvalue weighted by atomic mass is 16.5. The zero-order valence-corrected chi connectivity index (χ0v) is 11.8. The van der Waals surface area contributed by atoms with Crippen molar-refractivity contribution in [2.24, 2.45) is 11.7 Å². The first-order valence-corrected chi connectivity index (χ1v) is 6.74. The van der Waals surface area contributed by atoms with Gasteiger partial charge in [0.25, 0.3) is 0 Å². The third-order valence-electron chi connectivity index (χ3n) is 3.89. The molecule has 0 aliphatic carbocycles. The quantitative estimate of drug-likeness (QED) is 0.889. The third kappa shape index (κ3) is 2.90. The minimum atomic E-state index is -0.539. The molecular formula is C13H24N4O. The lowest BCUT2D eigenvalue weighted by atomic mass is 9.92. The van der Waals surface area contributed by atoms with Gasteiger partial charge >= 0.3 is 0 Å². The van der Waals surface area contributed by atoms with Crippen LogP contribution in [0.3, 0.4) is 0 Å². The van der Waals surface area contributed by atoms with Crippen molar-refractivity contribution in [3.63, 3.8) is 0 Å². The minimum absolute atomic E-state index is 0.539. The molecule has 2 unspecified atom stereocenters. The molecule has 0 saturated carbocycles. The van der Waals surface area contributed by atoms with E-state index in [0.29, 0.717) is 17.8 Å². The largest absolute Gasteiger partial charge is 0.338 e. The van der Waals surface area contributed by atoms with Gasteiger partial charge in [-0.25, -0.2) is 0 Å². The molecule has 102 valence electrons. The molecule has 1 fully saturated rings. The zero-order valence-electron chi connectivity index (χ0n) is 11.8. The van der Waals surface area contributed by atoms with Crippen LogP contribution in [-0.4, -0.2) is 27.6 Å². The van der Waals surface area contributed by atoms with Crippen LogP contribution in [-0.2, 0) is 12.1 Å². The summed E-state index contributed by atoms with van der Waals surface area (Å²) in [6.45, 7) is 10.2. The second kappa shape index (κ2) is 4.97. The monoisotopic (exact) mass is 252 g/mol. The summed E-state index contributed by atoms with van der Waals surface area (Å²) in [6, 6.07) is 0.569. The van der Waals surface area contributed by atoms with Gasteiger partial charge in [0.1, 0.15) is 0 Å². The van der Waals surface area contributed by atoms with Gasteiger partial charge in [-0.2, -0.15) is 4.98 Å². The average molecular weight is 252 g/mol. The number of nitrogens with two attached hydrogens (primary N) is 1. The van der Waals surface area contributed by atoms with Gasteiger partial charge in [-0.3, -0.25) is 4.90 Å². The van der Waals surface area contributed by atoms with E-state index in [1.807, 2.05) is 13.8 Å². The Kier molecular flexibility index (Phi) is 3.73. The lowest BCUT2D eigenvalue weighted by molar-refractivity contribution is 0.0940. The number of likely N-dealkylation sites (tertiary alicyclic amines) is 1. The smallest absolute Gasteiger partial charge is 0.240 e. The van der Waals surface area contributed by atoms with Gasteiger partial charge in [-0.05, 0) is 46.1 Å². The van der Waals surface area contributed by atoms with Crippen LogP contribution < -0.4 is 5.73 Å². The van der Waals surface area contributed by atoms with Crippen molar-refractivity contribution < 1.29 is 4.52 Å². The van der Waals surface area contributed by atoms with Crippen molar-refractivity contribution in [3.8, 4) is 0 Å². The molecule has 5 nitrogen and oxygen atoms in total. The highest BCUT2D eigenvalue weighted by Crippen LogP contribution is 2.24. The van der Waals surface area contributed by atoms with E-state index < -0.39 is 5.54 Å². The van der Waals surface area contributed by atoms with Crippen LogP contribution in [0, 0.1) is 5.92 Å². The zero-order chi connectivity index (χ0) is 13.3. The first-order valence-electron chi connectivity index (χ1n) is 6.74. The Morgan fingerprint density at radius 3 is 2.78 bits per heavy atom. The fourth-order valence-corrected chi connectivity index (χ4v) is 2.40. The molecule has 2 heterocycles. The fraction of sp³-hybridized carbons (Fsp3) is 0.846. The standard InChI is InChI=1S/C13H24N4O/c1-9-6-5-7-17(10(9)2)8-11-15-12(16-18-11)13(3,4)14/h9-10H,5-8,14H2,1-4H3. The van der Waals surface area contributed by atoms with Crippen molar-refractivity contribution in [3.05, 3.63) is 11.7 Å². The predicted molar refractivity (Wildman–Crippen MR) is 69.8 cm³/mol. The van der Waals surface area contributed by atoms with Crippen LogP contribution in [0.5, 0.6) is 0 Å². The van der Waals surface area contributed by atoms with Crippen molar-refractivity contribution in [1.82, 2.24) is 15.0 Å². The summed E-state index contributed by atoms with van der Waals surface area (Å²) in [5, 5.41) is 3.96. The van der Waals surface area contributed by atoms with Crippen LogP contribution in [0.25, 0.3) is 0 Å². The number of aromatic nitrogens is 2. The molecule has 1 aliphatic heterocycles. The van der Waals surface area contributed by atoms with E-state index in [9.17, 15) is 0 Å². The maximum atomic E-state index is 5.95. The van der Waals surface area contributed by atoms with Gasteiger partial charge in [0.15, 0.2) is 5.82 Å². The second-order valence-corrected chi connectivity index (χ2v) is 6.06. The van der Waals surface area contributed by atoms with Gasteiger partial charge in [0, 0.05) is 6.04 Å². The molecule has 1 aromatic rings. The summed E-state index contributed by atoms with van der Waals surface area (Å²) in [7, 11) is 0. The van der Waals surface area contributed by atoms with Crippen molar-refractivity contribution in [2.45, 2.75) is 58.7 Å². The van der Waals surface area contributed by atoms with E-state index in [1.54, 1.807) is 0 Å². The first-order chi connectivity index (χ1) is 8.38. The van der Waals surface area contributed by atoms with Crippen LogP contribution in [0.15, 0.2) is 4.52 Å². The van der Waals surface area contributed by atoms with Gasteiger partial charge < -0.3 is 10.3 Å². The van der Waals surface area contributed by atoms with Crippen LogP contribution in [0.2, 0.25) is 0 Å². The number of rotatable bonds is 3. The molecule has 0 amide bonds. The Bertz CT molecular complexity index is 396. The summed E-state index contributed by atoms with van der Waals surface area (Å²) < 4.78 is 5.29. The Morgan fingerprint density at radius 2 is 2.17 bits per heavy atom. The van der Waals surface area contributed by atoms with Gasteiger partial charge in [0.05, 0.1) is 12.1 Å². The SMILES string of the molecule is CC1CCCN(Cc2nc(C(C)(C)N)no2)C1C. The van der Waals surface area contributed by atoms with Crippen LogP contribution in [0.4, 0.5) is 0 Å². The maximum absolute atomic E-state index is 5.95. The van der Waals surface area contributed by atoms with Crippen molar-refractivity contribution >= 4 is 0 Å². The molecule has 0 spiro atoms. The highest BCUT2D eigenvalue weighted by Gasteiger charge is 2.27. The molecule has 2 atom stereocenters. The van der Waals surface area contributed by atoms with E-state index in [4.69, 9.17) is 10.3 Å². The summed E-state index contributed by atoms with van der Waals surface area (Å²) >= 11 is 0. The average Bonchev–Trinajstić information content (AvgIpc) is 2.73. The topological polar surface area (TPSA) is 68.2 Å². The molecule has 2 N–H and O–H groups in total. The fourth-order valence-electron chi connectivity index (χ4n) is 2.40. The number of nitrogens with zero attached hydrogens (tertiary/aromatic N) is 3. The maximum Gasteiger partial charge on any atom is 0.240 e. The Labute approximate surface area is 109 Å². The highest BCUT2D eigenvalue weighted by molar-refractivity contribution is 4.99. The number of hydrogen-bond acceptors (Lipinski definition) is 5. The summed E-state index contributed by atoms with van der Waals surface area (Å²) in [4.78, 5) is 6.80. The van der Waals surface area contributed by atoms with E-state index in [-0.39, 0.29) is 0 Å². The molecule has 5 heteroatoms. The van der Waals surface area contributed by atoms with Gasteiger partial charge in [0.2, 0.25) is 5.89 Å². The Hall–Kier alpha value is -0.940.